The Morgan fingerprint density at radius 2 is 0.646 bits per heavy atom. The van der Waals surface area contributed by atoms with E-state index in [1.807, 2.05) is 0 Å². The van der Waals surface area contributed by atoms with Crippen molar-refractivity contribution in [3.05, 3.63) is 182 Å². The summed E-state index contributed by atoms with van der Waals surface area (Å²) in [6.45, 7) is 0. The molecule has 10 aromatic carbocycles. The predicted octanol–water partition coefficient (Wildman–Crippen LogP) is 13.6. The molecule has 0 atom stereocenters. The van der Waals surface area contributed by atoms with Gasteiger partial charge in [0.15, 0.2) is 0 Å². The molecule has 10 aromatic rings. The van der Waals surface area contributed by atoms with Crippen molar-refractivity contribution in [2.75, 3.05) is 0 Å². The molecule has 0 aromatic heterocycles. The second-order valence-electron chi connectivity index (χ2n) is 12.9. The summed E-state index contributed by atoms with van der Waals surface area (Å²) in [4.78, 5) is 0. The molecule has 0 heterocycles. The van der Waals surface area contributed by atoms with E-state index >= 15 is 0 Å². The molecule has 0 unspecified atom stereocenters. The van der Waals surface area contributed by atoms with Gasteiger partial charge in [0.1, 0.15) is 0 Å². The molecule has 0 aliphatic carbocycles. The Morgan fingerprint density at radius 3 is 1.29 bits per heavy atom. The van der Waals surface area contributed by atoms with Gasteiger partial charge in [0.25, 0.3) is 0 Å². The first-order valence-corrected chi connectivity index (χ1v) is 16.7. The monoisotopic (exact) mass is 606 g/mol. The first kappa shape index (κ1) is 26.9. The van der Waals surface area contributed by atoms with Crippen LogP contribution < -0.4 is 0 Å². The number of benzene rings is 10. The second kappa shape index (κ2) is 10.7. The van der Waals surface area contributed by atoms with Gasteiger partial charge in [0.2, 0.25) is 0 Å². The zero-order valence-electron chi connectivity index (χ0n) is 26.3. The molecule has 222 valence electrons. The van der Waals surface area contributed by atoms with Gasteiger partial charge in [-0.1, -0.05) is 164 Å². The van der Waals surface area contributed by atoms with Crippen LogP contribution in [0.3, 0.4) is 0 Å². The van der Waals surface area contributed by atoms with Crippen LogP contribution in [0.2, 0.25) is 0 Å². The molecule has 0 aliphatic heterocycles. The van der Waals surface area contributed by atoms with Crippen molar-refractivity contribution in [2.24, 2.45) is 0 Å². The van der Waals surface area contributed by atoms with Crippen molar-refractivity contribution in [1.29, 1.82) is 0 Å². The van der Waals surface area contributed by atoms with Crippen LogP contribution in [0.5, 0.6) is 0 Å². The van der Waals surface area contributed by atoms with Crippen molar-refractivity contribution in [2.45, 2.75) is 0 Å². The molecule has 0 bridgehead atoms. The van der Waals surface area contributed by atoms with Crippen LogP contribution in [0.1, 0.15) is 0 Å². The highest BCUT2D eigenvalue weighted by Gasteiger charge is 2.14. The molecule has 0 saturated heterocycles. The third-order valence-corrected chi connectivity index (χ3v) is 10.2. The Morgan fingerprint density at radius 1 is 0.208 bits per heavy atom. The molecule has 48 heavy (non-hydrogen) atoms. The minimum atomic E-state index is 1.21. The summed E-state index contributed by atoms with van der Waals surface area (Å²) in [5.74, 6) is 0. The number of rotatable bonds is 4. The van der Waals surface area contributed by atoms with E-state index in [4.69, 9.17) is 0 Å². The lowest BCUT2D eigenvalue weighted by Gasteiger charge is -2.16. The molecule has 10 rings (SSSR count). The maximum absolute atomic E-state index is 2.37. The zero-order valence-corrected chi connectivity index (χ0v) is 26.3. The second-order valence-corrected chi connectivity index (χ2v) is 12.9. The molecular formula is C48H30. The predicted molar refractivity (Wildman–Crippen MR) is 207 cm³/mol. The van der Waals surface area contributed by atoms with Gasteiger partial charge in [0.05, 0.1) is 0 Å². The van der Waals surface area contributed by atoms with Gasteiger partial charge in [-0.05, 0) is 117 Å². The average Bonchev–Trinajstić information content (AvgIpc) is 3.16. The lowest BCUT2D eigenvalue weighted by atomic mass is 9.88. The van der Waals surface area contributed by atoms with E-state index in [2.05, 4.69) is 182 Å². The van der Waals surface area contributed by atoms with Crippen molar-refractivity contribution in [3.63, 3.8) is 0 Å². The van der Waals surface area contributed by atoms with Crippen molar-refractivity contribution >= 4 is 53.9 Å². The summed E-state index contributed by atoms with van der Waals surface area (Å²) in [6.07, 6.45) is 0. The SMILES string of the molecule is c1ccc2c(-c3cc(-c4ccc(-c5ccc6ccc7cccc8ccc5c6c78)cc4)cc(-c4cccc5ccccc45)c3)cccc2c1. The minimum absolute atomic E-state index is 1.21. The number of fused-ring (bicyclic) bond motifs is 2. The van der Waals surface area contributed by atoms with Crippen molar-refractivity contribution in [1.82, 2.24) is 0 Å². The molecule has 0 heteroatoms. The van der Waals surface area contributed by atoms with E-state index in [0.29, 0.717) is 0 Å². The maximum atomic E-state index is 2.37. The summed E-state index contributed by atoms with van der Waals surface area (Å²) in [7, 11) is 0. The molecule has 0 spiro atoms. The molecule has 0 radical (unpaired) electrons. The van der Waals surface area contributed by atoms with Gasteiger partial charge in [-0.15, -0.1) is 0 Å². The van der Waals surface area contributed by atoms with E-state index in [1.54, 1.807) is 0 Å². The Bertz CT molecular complexity index is 2690. The molecule has 0 N–H and O–H groups in total. The van der Waals surface area contributed by atoms with Gasteiger partial charge in [-0.25, -0.2) is 0 Å². The van der Waals surface area contributed by atoms with Crippen LogP contribution in [-0.4, -0.2) is 0 Å². The highest BCUT2D eigenvalue weighted by molar-refractivity contribution is 6.25. The minimum Gasteiger partial charge on any atom is -0.0616 e. The smallest absolute Gasteiger partial charge is 0.00206 e. The fourth-order valence-corrected chi connectivity index (χ4v) is 7.89. The molecule has 0 saturated carbocycles. The van der Waals surface area contributed by atoms with E-state index in [-0.39, 0.29) is 0 Å². The number of hydrogen-bond acceptors (Lipinski definition) is 0. The molecule has 0 amide bonds. The Hall–Kier alpha value is -6.24. The van der Waals surface area contributed by atoms with Crippen molar-refractivity contribution < 1.29 is 0 Å². The van der Waals surface area contributed by atoms with Gasteiger partial charge < -0.3 is 0 Å². The quantitative estimate of drug-likeness (QED) is 0.175. The van der Waals surface area contributed by atoms with Gasteiger partial charge in [-0.3, -0.25) is 0 Å². The fourth-order valence-electron chi connectivity index (χ4n) is 7.89. The highest BCUT2D eigenvalue weighted by atomic mass is 14.2. The van der Waals surface area contributed by atoms with Crippen LogP contribution in [0, 0.1) is 0 Å². The van der Waals surface area contributed by atoms with Gasteiger partial charge >= 0.3 is 0 Å². The average molecular weight is 607 g/mol. The zero-order chi connectivity index (χ0) is 31.6. The Kier molecular flexibility index (Phi) is 5.98. The Balaban J connectivity index is 1.15. The highest BCUT2D eigenvalue weighted by Crippen LogP contribution is 2.41. The maximum Gasteiger partial charge on any atom is -0.00206 e. The Labute approximate surface area is 279 Å². The van der Waals surface area contributed by atoms with Gasteiger partial charge in [-0.2, -0.15) is 0 Å². The van der Waals surface area contributed by atoms with E-state index in [9.17, 15) is 0 Å². The van der Waals surface area contributed by atoms with Crippen LogP contribution >= 0.6 is 0 Å². The molecule has 0 aliphatic rings. The summed E-state index contributed by atoms with van der Waals surface area (Å²) >= 11 is 0. The topological polar surface area (TPSA) is 0 Å². The first-order chi connectivity index (χ1) is 23.8. The van der Waals surface area contributed by atoms with E-state index in [0.717, 1.165) is 0 Å². The molecular weight excluding hydrogens is 577 g/mol. The van der Waals surface area contributed by atoms with Crippen LogP contribution in [0.15, 0.2) is 182 Å². The van der Waals surface area contributed by atoms with Crippen LogP contribution in [-0.2, 0) is 0 Å². The lowest BCUT2D eigenvalue weighted by Crippen LogP contribution is -1.89. The first-order valence-electron chi connectivity index (χ1n) is 16.7. The largest absolute Gasteiger partial charge is 0.0616 e. The van der Waals surface area contributed by atoms with Crippen molar-refractivity contribution in [3.8, 4) is 44.5 Å². The summed E-state index contributed by atoms with van der Waals surface area (Å²) in [5.41, 5.74) is 9.88. The summed E-state index contributed by atoms with van der Waals surface area (Å²) in [5, 5.41) is 13.0. The number of hydrogen-bond donors (Lipinski definition) is 0. The van der Waals surface area contributed by atoms with E-state index in [1.165, 1.54) is 98.4 Å². The van der Waals surface area contributed by atoms with E-state index < -0.39 is 0 Å². The summed E-state index contributed by atoms with van der Waals surface area (Å²) < 4.78 is 0. The lowest BCUT2D eigenvalue weighted by molar-refractivity contribution is 1.58. The molecule has 0 fully saturated rings. The van der Waals surface area contributed by atoms with Crippen LogP contribution in [0.4, 0.5) is 0 Å². The third kappa shape index (κ3) is 4.24. The van der Waals surface area contributed by atoms with Crippen LogP contribution in [0.25, 0.3) is 98.4 Å². The third-order valence-electron chi connectivity index (χ3n) is 10.2. The standard InChI is InChI=1S/C48H30/c1-3-14-41-32(8-1)10-6-16-43(41)39-28-38(29-40(30-39)44-17-7-11-33-9-2-4-15-42(33)44)31-18-20-34(21-19-31)45-26-24-37-23-22-35-12-5-13-36-25-27-46(45)48(37)47(35)36/h1-30H. The molecule has 0 nitrogen and oxygen atoms in total. The normalized spacial score (nSPS) is 11.8. The van der Waals surface area contributed by atoms with Gasteiger partial charge in [0, 0.05) is 0 Å². The fraction of sp³-hybridized carbons (Fsp3) is 0. The summed E-state index contributed by atoms with van der Waals surface area (Å²) in [6, 6.07) is 67.2.